The van der Waals surface area contributed by atoms with Crippen molar-refractivity contribution in [2.45, 2.75) is 45.8 Å². The molecule has 0 aliphatic carbocycles. The minimum absolute atomic E-state index is 0.347. The zero-order valence-electron chi connectivity index (χ0n) is 12.3. The van der Waals surface area contributed by atoms with Crippen LogP contribution in [0.2, 0.25) is 0 Å². The summed E-state index contributed by atoms with van der Waals surface area (Å²) in [6.45, 7) is 9.57. The summed E-state index contributed by atoms with van der Waals surface area (Å²) in [5, 5.41) is 14.1. The van der Waals surface area contributed by atoms with Gasteiger partial charge in [0.2, 0.25) is 0 Å². The number of aryl methyl sites for hydroxylation is 2. The average molecular weight is 300 g/mol. The fourth-order valence-electron chi connectivity index (χ4n) is 2.70. The van der Waals surface area contributed by atoms with Gasteiger partial charge in [-0.15, -0.1) is 11.3 Å². The molecule has 0 spiro atoms. The minimum Gasteiger partial charge on any atom is -0.388 e. The number of thiophene rings is 1. The van der Waals surface area contributed by atoms with Gasteiger partial charge in [-0.25, -0.2) is 0 Å². The van der Waals surface area contributed by atoms with Crippen molar-refractivity contribution < 1.29 is 5.11 Å². The van der Waals surface area contributed by atoms with E-state index in [0.717, 1.165) is 17.9 Å². The molecular formula is C15H25NOS2. The van der Waals surface area contributed by atoms with E-state index >= 15 is 0 Å². The molecule has 108 valence electrons. The molecule has 1 saturated heterocycles. The highest BCUT2D eigenvalue weighted by Gasteiger charge is 2.33. The molecule has 2 heterocycles. The Morgan fingerprint density at radius 3 is 2.63 bits per heavy atom. The van der Waals surface area contributed by atoms with Gasteiger partial charge in [-0.3, -0.25) is 0 Å². The van der Waals surface area contributed by atoms with E-state index in [1.165, 1.54) is 15.3 Å². The molecule has 0 saturated carbocycles. The topological polar surface area (TPSA) is 32.3 Å². The lowest BCUT2D eigenvalue weighted by Gasteiger charge is -2.28. The number of aliphatic hydroxyl groups is 1. The highest BCUT2D eigenvalue weighted by molar-refractivity contribution is 7.99. The lowest BCUT2D eigenvalue weighted by molar-refractivity contribution is 0.0626. The summed E-state index contributed by atoms with van der Waals surface area (Å²) < 4.78 is 0. The predicted molar refractivity (Wildman–Crippen MR) is 86.3 cm³/mol. The van der Waals surface area contributed by atoms with E-state index in [1.807, 2.05) is 23.1 Å². The van der Waals surface area contributed by atoms with Gasteiger partial charge in [-0.1, -0.05) is 13.8 Å². The summed E-state index contributed by atoms with van der Waals surface area (Å²) in [6.07, 6.45) is 0.914. The number of hydrogen-bond donors (Lipinski definition) is 2. The molecule has 1 aromatic rings. The largest absolute Gasteiger partial charge is 0.388 e. The van der Waals surface area contributed by atoms with Crippen LogP contribution >= 0.6 is 23.1 Å². The fourth-order valence-corrected chi connectivity index (χ4v) is 4.97. The third kappa shape index (κ3) is 3.75. The molecule has 2 atom stereocenters. The molecule has 4 heteroatoms. The number of rotatable bonds is 5. The molecule has 2 rings (SSSR count). The lowest BCUT2D eigenvalue weighted by Crippen LogP contribution is -2.43. The monoisotopic (exact) mass is 299 g/mol. The van der Waals surface area contributed by atoms with Gasteiger partial charge in [0, 0.05) is 28.1 Å². The van der Waals surface area contributed by atoms with Gasteiger partial charge in [0.25, 0.3) is 0 Å². The average Bonchev–Trinajstić information content (AvgIpc) is 2.87. The van der Waals surface area contributed by atoms with Crippen molar-refractivity contribution in [3.8, 4) is 0 Å². The quantitative estimate of drug-likeness (QED) is 0.872. The summed E-state index contributed by atoms with van der Waals surface area (Å²) in [5.41, 5.74) is 0.906. The van der Waals surface area contributed by atoms with E-state index in [2.05, 4.69) is 39.1 Å². The number of hydrogen-bond acceptors (Lipinski definition) is 4. The van der Waals surface area contributed by atoms with Gasteiger partial charge in [0.15, 0.2) is 0 Å². The van der Waals surface area contributed by atoms with Crippen molar-refractivity contribution in [2.75, 3.05) is 18.1 Å². The first-order valence-corrected chi connectivity index (χ1v) is 8.99. The molecule has 2 unspecified atom stereocenters. The van der Waals surface area contributed by atoms with Crippen molar-refractivity contribution in [1.82, 2.24) is 5.32 Å². The molecule has 0 aromatic carbocycles. The van der Waals surface area contributed by atoms with Crippen molar-refractivity contribution in [3.05, 3.63) is 21.4 Å². The van der Waals surface area contributed by atoms with Crippen molar-refractivity contribution in [1.29, 1.82) is 0 Å². The predicted octanol–water partition coefficient (Wildman–Crippen LogP) is 3.52. The smallest absolute Gasteiger partial charge is 0.0869 e. The summed E-state index contributed by atoms with van der Waals surface area (Å²) >= 11 is 3.72. The van der Waals surface area contributed by atoms with E-state index in [4.69, 9.17) is 0 Å². The Labute approximate surface area is 125 Å². The Morgan fingerprint density at radius 1 is 1.42 bits per heavy atom. The van der Waals surface area contributed by atoms with E-state index in [9.17, 15) is 5.11 Å². The first-order chi connectivity index (χ1) is 8.91. The molecule has 2 N–H and O–H groups in total. The molecule has 2 nitrogen and oxygen atoms in total. The van der Waals surface area contributed by atoms with Gasteiger partial charge >= 0.3 is 0 Å². The van der Waals surface area contributed by atoms with Crippen LogP contribution in [0.4, 0.5) is 0 Å². The standard InChI is InChI=1S/C15H25NOS2/c1-10(2)14(13-7-11(3)19-12(13)4)16-8-15(17)5-6-18-9-15/h7,10,14,16-17H,5-6,8-9H2,1-4H3. The maximum absolute atomic E-state index is 10.5. The lowest BCUT2D eigenvalue weighted by atomic mass is 9.94. The maximum atomic E-state index is 10.5. The maximum Gasteiger partial charge on any atom is 0.0869 e. The van der Waals surface area contributed by atoms with Crippen molar-refractivity contribution in [3.63, 3.8) is 0 Å². The second-order valence-corrected chi connectivity index (χ2v) is 8.56. The number of nitrogens with one attached hydrogen (secondary N) is 1. The summed E-state index contributed by atoms with van der Waals surface area (Å²) in [6, 6.07) is 2.64. The van der Waals surface area contributed by atoms with Gasteiger partial charge in [-0.05, 0) is 43.6 Å². The molecule has 1 aliphatic rings. The first-order valence-electron chi connectivity index (χ1n) is 7.02. The Balaban J connectivity index is 2.06. The highest BCUT2D eigenvalue weighted by Crippen LogP contribution is 2.32. The second kappa shape index (κ2) is 6.17. The molecule has 1 fully saturated rings. The highest BCUT2D eigenvalue weighted by atomic mass is 32.2. The molecular weight excluding hydrogens is 274 g/mol. The van der Waals surface area contributed by atoms with Crippen LogP contribution in [0.15, 0.2) is 6.07 Å². The molecule has 0 bridgehead atoms. The first kappa shape index (κ1) is 15.4. The van der Waals surface area contributed by atoms with E-state index < -0.39 is 5.60 Å². The van der Waals surface area contributed by atoms with E-state index in [0.29, 0.717) is 18.5 Å². The Morgan fingerprint density at radius 2 is 2.16 bits per heavy atom. The minimum atomic E-state index is -0.503. The third-order valence-corrected chi connectivity index (χ3v) is 6.03. The van der Waals surface area contributed by atoms with Crippen LogP contribution in [0.1, 0.15) is 41.6 Å². The Bertz CT molecular complexity index is 422. The zero-order valence-corrected chi connectivity index (χ0v) is 14.0. The van der Waals surface area contributed by atoms with Crippen molar-refractivity contribution in [2.24, 2.45) is 5.92 Å². The fraction of sp³-hybridized carbons (Fsp3) is 0.733. The summed E-state index contributed by atoms with van der Waals surface area (Å²) in [4.78, 5) is 2.77. The summed E-state index contributed by atoms with van der Waals surface area (Å²) in [7, 11) is 0. The zero-order chi connectivity index (χ0) is 14.0. The van der Waals surface area contributed by atoms with Crippen LogP contribution in [0.25, 0.3) is 0 Å². The van der Waals surface area contributed by atoms with Gasteiger partial charge in [0.05, 0.1) is 5.60 Å². The molecule has 1 aromatic heterocycles. The van der Waals surface area contributed by atoms with Gasteiger partial charge in [0.1, 0.15) is 0 Å². The molecule has 19 heavy (non-hydrogen) atoms. The van der Waals surface area contributed by atoms with Gasteiger partial charge in [-0.2, -0.15) is 11.8 Å². The summed E-state index contributed by atoms with van der Waals surface area (Å²) in [5.74, 6) is 2.48. The third-order valence-electron chi connectivity index (χ3n) is 3.81. The van der Waals surface area contributed by atoms with E-state index in [1.54, 1.807) is 0 Å². The van der Waals surface area contributed by atoms with Crippen LogP contribution in [-0.2, 0) is 0 Å². The van der Waals surface area contributed by atoms with Crippen LogP contribution in [0, 0.1) is 19.8 Å². The van der Waals surface area contributed by atoms with Crippen LogP contribution in [-0.4, -0.2) is 28.8 Å². The Hall–Kier alpha value is -0.0300. The molecule has 0 amide bonds. The van der Waals surface area contributed by atoms with Gasteiger partial charge < -0.3 is 10.4 Å². The van der Waals surface area contributed by atoms with Crippen LogP contribution in [0.5, 0.6) is 0 Å². The molecule has 0 radical (unpaired) electrons. The van der Waals surface area contributed by atoms with Crippen LogP contribution in [0.3, 0.4) is 0 Å². The Kier molecular flexibility index (Phi) is 4.99. The SMILES string of the molecule is Cc1cc(C(NCC2(O)CCSC2)C(C)C)c(C)s1. The second-order valence-electron chi connectivity index (χ2n) is 6.00. The number of thioether (sulfide) groups is 1. The molecule has 1 aliphatic heterocycles. The van der Waals surface area contributed by atoms with Crippen molar-refractivity contribution >= 4 is 23.1 Å². The normalized spacial score (nSPS) is 25.2. The van der Waals surface area contributed by atoms with E-state index in [-0.39, 0.29) is 0 Å². The van der Waals surface area contributed by atoms with Crippen LogP contribution < -0.4 is 5.32 Å².